The van der Waals surface area contributed by atoms with Gasteiger partial charge in [0.2, 0.25) is 0 Å². The molecule has 128 valence electrons. The zero-order valence-electron chi connectivity index (χ0n) is 12.6. The Morgan fingerprint density at radius 3 is 2.72 bits per heavy atom. The topological polar surface area (TPSA) is 65.2 Å². The molecule has 0 fully saturated rings. The maximum Gasteiger partial charge on any atom is 0.254 e. The van der Waals surface area contributed by atoms with Crippen molar-refractivity contribution in [3.05, 3.63) is 69.0 Å². The summed E-state index contributed by atoms with van der Waals surface area (Å²) in [5.41, 5.74) is 5.60. The Kier molecular flexibility index (Phi) is 4.96. The van der Waals surface area contributed by atoms with Crippen LogP contribution in [0.25, 0.3) is 11.3 Å². The number of benzene rings is 2. The van der Waals surface area contributed by atoms with Crippen LogP contribution in [0.15, 0.2) is 41.8 Å². The molecule has 2 aromatic carbocycles. The van der Waals surface area contributed by atoms with Gasteiger partial charge in [0.15, 0.2) is 11.6 Å². The first-order valence-electron chi connectivity index (χ1n) is 7.07. The van der Waals surface area contributed by atoms with Crippen molar-refractivity contribution in [1.29, 1.82) is 0 Å². The number of amides is 1. The van der Waals surface area contributed by atoms with Gasteiger partial charge in [-0.3, -0.25) is 4.79 Å². The molecule has 4 nitrogen and oxygen atoms in total. The fourth-order valence-electron chi connectivity index (χ4n) is 2.18. The SMILES string of the molecule is NC(=O)c1c(F)ccc(OCc2nc(-c3ccccc3Cl)cs2)c1F. The molecular formula is C17H11ClF2N2O2S. The highest BCUT2D eigenvalue weighted by Gasteiger charge is 2.19. The zero-order chi connectivity index (χ0) is 18.0. The number of ether oxygens (including phenoxy) is 1. The van der Waals surface area contributed by atoms with Gasteiger partial charge in [-0.1, -0.05) is 29.8 Å². The highest BCUT2D eigenvalue weighted by molar-refractivity contribution is 7.09. The summed E-state index contributed by atoms with van der Waals surface area (Å²) < 4.78 is 32.9. The summed E-state index contributed by atoms with van der Waals surface area (Å²) in [6.45, 7) is -0.0458. The molecule has 8 heteroatoms. The molecule has 1 aromatic heterocycles. The van der Waals surface area contributed by atoms with Crippen molar-refractivity contribution < 1.29 is 18.3 Å². The molecule has 1 heterocycles. The molecule has 25 heavy (non-hydrogen) atoms. The summed E-state index contributed by atoms with van der Waals surface area (Å²) in [6.07, 6.45) is 0. The average Bonchev–Trinajstić information content (AvgIpc) is 3.03. The van der Waals surface area contributed by atoms with Gasteiger partial charge in [-0.15, -0.1) is 11.3 Å². The van der Waals surface area contributed by atoms with Crippen LogP contribution in [0, 0.1) is 11.6 Å². The normalized spacial score (nSPS) is 10.7. The monoisotopic (exact) mass is 380 g/mol. The summed E-state index contributed by atoms with van der Waals surface area (Å²) in [7, 11) is 0. The minimum Gasteiger partial charge on any atom is -0.483 e. The van der Waals surface area contributed by atoms with E-state index in [1.165, 1.54) is 11.3 Å². The van der Waals surface area contributed by atoms with E-state index in [1.807, 2.05) is 18.2 Å². The molecule has 0 unspecified atom stereocenters. The molecule has 3 rings (SSSR count). The minimum absolute atomic E-state index is 0.0458. The standard InChI is InChI=1S/C17H11ClF2N2O2S/c18-10-4-2-1-3-9(10)12-8-25-14(22-12)7-24-13-6-5-11(19)15(16(13)20)17(21)23/h1-6,8H,7H2,(H2,21,23). The average molecular weight is 381 g/mol. The number of aromatic nitrogens is 1. The van der Waals surface area contributed by atoms with Crippen LogP contribution in [-0.2, 0) is 6.61 Å². The molecular weight excluding hydrogens is 370 g/mol. The number of halogens is 3. The van der Waals surface area contributed by atoms with Crippen LogP contribution < -0.4 is 10.5 Å². The highest BCUT2D eigenvalue weighted by atomic mass is 35.5. The minimum atomic E-state index is -1.20. The number of primary amides is 1. The summed E-state index contributed by atoms with van der Waals surface area (Å²) in [5.74, 6) is -3.64. The number of rotatable bonds is 5. The Bertz CT molecular complexity index is 946. The maximum absolute atomic E-state index is 14.1. The van der Waals surface area contributed by atoms with Gasteiger partial charge in [0.1, 0.15) is 23.0 Å². The van der Waals surface area contributed by atoms with Gasteiger partial charge in [-0.2, -0.15) is 0 Å². The lowest BCUT2D eigenvalue weighted by molar-refractivity contribution is 0.0991. The van der Waals surface area contributed by atoms with Gasteiger partial charge in [0.05, 0.1) is 5.69 Å². The second kappa shape index (κ2) is 7.16. The Hall–Kier alpha value is -2.51. The molecule has 3 aromatic rings. The number of hydrogen-bond acceptors (Lipinski definition) is 4. The Labute approximate surface area is 150 Å². The molecule has 0 bridgehead atoms. The number of thiazole rings is 1. The van der Waals surface area contributed by atoms with Crippen molar-refractivity contribution in [1.82, 2.24) is 4.98 Å². The smallest absolute Gasteiger partial charge is 0.254 e. The highest BCUT2D eigenvalue weighted by Crippen LogP contribution is 2.29. The third-order valence-corrected chi connectivity index (χ3v) is 4.51. The van der Waals surface area contributed by atoms with E-state index in [0.717, 1.165) is 17.7 Å². The first-order chi connectivity index (χ1) is 12.0. The van der Waals surface area contributed by atoms with Crippen molar-refractivity contribution in [3.63, 3.8) is 0 Å². The van der Waals surface area contributed by atoms with Gasteiger partial charge < -0.3 is 10.5 Å². The van der Waals surface area contributed by atoms with E-state index in [0.29, 0.717) is 15.7 Å². The van der Waals surface area contributed by atoms with Crippen molar-refractivity contribution in [2.24, 2.45) is 5.73 Å². The lowest BCUT2D eigenvalue weighted by atomic mass is 10.1. The molecule has 0 radical (unpaired) electrons. The number of carbonyl (C=O) groups is 1. The van der Waals surface area contributed by atoms with Crippen molar-refractivity contribution in [2.75, 3.05) is 0 Å². The van der Waals surface area contributed by atoms with Crippen molar-refractivity contribution in [2.45, 2.75) is 6.61 Å². The van der Waals surface area contributed by atoms with Gasteiger partial charge >= 0.3 is 0 Å². The second-order valence-corrected chi connectivity index (χ2v) is 6.34. The molecule has 0 saturated carbocycles. The number of hydrogen-bond donors (Lipinski definition) is 1. The summed E-state index contributed by atoms with van der Waals surface area (Å²) in [5, 5.41) is 2.94. The Morgan fingerprint density at radius 1 is 1.24 bits per heavy atom. The second-order valence-electron chi connectivity index (χ2n) is 4.99. The fourth-order valence-corrected chi connectivity index (χ4v) is 3.12. The summed E-state index contributed by atoms with van der Waals surface area (Å²) in [6, 6.07) is 9.27. The van der Waals surface area contributed by atoms with E-state index in [2.05, 4.69) is 4.98 Å². The maximum atomic E-state index is 14.1. The van der Waals surface area contributed by atoms with Gasteiger partial charge in [-0.05, 0) is 18.2 Å². The fraction of sp³-hybridized carbons (Fsp3) is 0.0588. The zero-order valence-corrected chi connectivity index (χ0v) is 14.2. The van der Waals surface area contributed by atoms with Gasteiger partial charge in [0.25, 0.3) is 5.91 Å². The van der Waals surface area contributed by atoms with E-state index >= 15 is 0 Å². The van der Waals surface area contributed by atoms with Crippen LogP contribution in [0.2, 0.25) is 5.02 Å². The first kappa shape index (κ1) is 17.3. The van der Waals surface area contributed by atoms with Crippen molar-refractivity contribution >= 4 is 28.8 Å². The molecule has 0 aliphatic heterocycles. The van der Waals surface area contributed by atoms with Crippen LogP contribution in [0.1, 0.15) is 15.4 Å². The van der Waals surface area contributed by atoms with Gasteiger partial charge in [-0.25, -0.2) is 13.8 Å². The molecule has 0 spiro atoms. The van der Waals surface area contributed by atoms with E-state index in [4.69, 9.17) is 22.1 Å². The van der Waals surface area contributed by atoms with E-state index in [-0.39, 0.29) is 12.4 Å². The van der Waals surface area contributed by atoms with Crippen molar-refractivity contribution in [3.8, 4) is 17.0 Å². The van der Waals surface area contributed by atoms with Crippen LogP contribution >= 0.6 is 22.9 Å². The lowest BCUT2D eigenvalue weighted by Crippen LogP contribution is -2.16. The molecule has 1 amide bonds. The number of nitrogens with zero attached hydrogens (tertiary/aromatic N) is 1. The van der Waals surface area contributed by atoms with Crippen LogP contribution in [-0.4, -0.2) is 10.9 Å². The number of nitrogens with two attached hydrogens (primary N) is 1. The Balaban J connectivity index is 1.79. The summed E-state index contributed by atoms with van der Waals surface area (Å²) in [4.78, 5) is 15.5. The molecule has 0 aliphatic carbocycles. The van der Waals surface area contributed by atoms with Crippen LogP contribution in [0.5, 0.6) is 5.75 Å². The third-order valence-electron chi connectivity index (χ3n) is 3.35. The molecule has 0 atom stereocenters. The summed E-state index contributed by atoms with van der Waals surface area (Å²) >= 11 is 7.44. The van der Waals surface area contributed by atoms with Crippen LogP contribution in [0.4, 0.5) is 8.78 Å². The third kappa shape index (κ3) is 3.62. The van der Waals surface area contributed by atoms with E-state index < -0.39 is 23.1 Å². The molecule has 0 aliphatic rings. The van der Waals surface area contributed by atoms with E-state index in [1.54, 1.807) is 11.4 Å². The largest absolute Gasteiger partial charge is 0.483 e. The molecule has 2 N–H and O–H groups in total. The molecule has 0 saturated heterocycles. The van der Waals surface area contributed by atoms with E-state index in [9.17, 15) is 13.6 Å². The predicted octanol–water partition coefficient (Wildman–Crippen LogP) is 4.42. The number of carbonyl (C=O) groups excluding carboxylic acids is 1. The lowest BCUT2D eigenvalue weighted by Gasteiger charge is -2.08. The van der Waals surface area contributed by atoms with Gasteiger partial charge in [0, 0.05) is 16.0 Å². The predicted molar refractivity (Wildman–Crippen MR) is 91.8 cm³/mol. The Morgan fingerprint density at radius 2 is 2.00 bits per heavy atom. The quantitative estimate of drug-likeness (QED) is 0.712. The van der Waals surface area contributed by atoms with Crippen LogP contribution in [0.3, 0.4) is 0 Å². The first-order valence-corrected chi connectivity index (χ1v) is 8.33.